The molecule has 25 heavy (non-hydrogen) atoms. The van der Waals surface area contributed by atoms with Crippen molar-refractivity contribution in [2.45, 2.75) is 27.2 Å². The highest BCUT2D eigenvalue weighted by molar-refractivity contribution is 6.35. The van der Waals surface area contributed by atoms with E-state index in [-0.39, 0.29) is 17.2 Å². The van der Waals surface area contributed by atoms with E-state index in [9.17, 15) is 9.18 Å². The first-order valence-corrected chi connectivity index (χ1v) is 8.94. The van der Waals surface area contributed by atoms with Crippen molar-refractivity contribution in [3.05, 3.63) is 35.2 Å². The molecule has 1 amide bonds. The third-order valence-electron chi connectivity index (χ3n) is 4.54. The van der Waals surface area contributed by atoms with Crippen molar-refractivity contribution >= 4 is 34.1 Å². The largest absolute Gasteiger partial charge is 0.367 e. The first-order valence-electron chi connectivity index (χ1n) is 8.56. The van der Waals surface area contributed by atoms with Crippen molar-refractivity contribution in [3.63, 3.8) is 0 Å². The van der Waals surface area contributed by atoms with Crippen LogP contribution in [0, 0.1) is 11.2 Å². The number of fused-ring (bicyclic) bond motifs is 1. The van der Waals surface area contributed by atoms with Crippen LogP contribution in [-0.4, -0.2) is 42.0 Å². The van der Waals surface area contributed by atoms with Gasteiger partial charge in [-0.2, -0.15) is 0 Å². The van der Waals surface area contributed by atoms with Crippen LogP contribution in [0.25, 0.3) is 10.9 Å². The average molecular weight is 364 g/mol. The summed E-state index contributed by atoms with van der Waals surface area (Å²) in [5.74, 6) is -0.211. The Balaban J connectivity index is 1.85. The molecule has 0 atom stereocenters. The normalized spacial score (nSPS) is 16.2. The maximum absolute atomic E-state index is 15.0. The third kappa shape index (κ3) is 3.56. The number of hydrogen-bond acceptors (Lipinski definition) is 3. The van der Waals surface area contributed by atoms with Gasteiger partial charge in [0.25, 0.3) is 0 Å². The third-order valence-corrected chi connectivity index (χ3v) is 4.87. The average Bonchev–Trinajstić information content (AvgIpc) is 2.80. The van der Waals surface area contributed by atoms with Gasteiger partial charge < -0.3 is 9.80 Å². The minimum absolute atomic E-state index is 0.141. The van der Waals surface area contributed by atoms with Crippen LogP contribution in [0.3, 0.4) is 0 Å². The number of halogens is 2. The lowest BCUT2D eigenvalue weighted by atomic mass is 9.94. The molecule has 0 spiro atoms. The Morgan fingerprint density at radius 1 is 1.16 bits per heavy atom. The first-order chi connectivity index (χ1) is 11.8. The van der Waals surface area contributed by atoms with Gasteiger partial charge in [0.1, 0.15) is 5.52 Å². The maximum Gasteiger partial charge on any atom is 0.228 e. The first kappa shape index (κ1) is 17.9. The van der Waals surface area contributed by atoms with E-state index in [1.807, 2.05) is 36.6 Å². The smallest absolute Gasteiger partial charge is 0.228 e. The summed E-state index contributed by atoms with van der Waals surface area (Å²) < 4.78 is 15.0. The number of pyridine rings is 1. The Labute approximate surface area is 152 Å². The summed E-state index contributed by atoms with van der Waals surface area (Å²) >= 11 is 6.13. The Morgan fingerprint density at radius 2 is 1.92 bits per heavy atom. The Kier molecular flexibility index (Phi) is 4.87. The fourth-order valence-electron chi connectivity index (χ4n) is 3.22. The quantitative estimate of drug-likeness (QED) is 0.765. The second-order valence-electron chi connectivity index (χ2n) is 7.47. The SMILES string of the molecule is CC(C)(C)C(=O)N1CCCN(c2ccc3c(Cl)ccnc3c2F)CC1. The lowest BCUT2D eigenvalue weighted by molar-refractivity contribution is -0.139. The molecule has 2 aromatic rings. The van der Waals surface area contributed by atoms with Gasteiger partial charge in [-0.3, -0.25) is 9.78 Å². The van der Waals surface area contributed by atoms with E-state index in [1.54, 1.807) is 12.1 Å². The van der Waals surface area contributed by atoms with Crippen molar-refractivity contribution < 1.29 is 9.18 Å². The number of hydrogen-bond donors (Lipinski definition) is 0. The van der Waals surface area contributed by atoms with Crippen LogP contribution in [0.4, 0.5) is 10.1 Å². The molecule has 0 N–H and O–H groups in total. The summed E-state index contributed by atoms with van der Waals surface area (Å²) in [4.78, 5) is 20.5. The van der Waals surface area contributed by atoms with Crippen LogP contribution in [0.15, 0.2) is 24.4 Å². The van der Waals surface area contributed by atoms with Crippen molar-refractivity contribution in [2.24, 2.45) is 5.41 Å². The molecule has 2 heterocycles. The number of anilines is 1. The van der Waals surface area contributed by atoms with Crippen LogP contribution < -0.4 is 4.90 Å². The molecule has 3 rings (SSSR count). The molecule has 1 fully saturated rings. The predicted octanol–water partition coefficient (Wildman–Crippen LogP) is 4.11. The second-order valence-corrected chi connectivity index (χ2v) is 7.88. The molecule has 1 aromatic carbocycles. The lowest BCUT2D eigenvalue weighted by Crippen LogP contribution is -2.41. The summed E-state index contributed by atoms with van der Waals surface area (Å²) in [6, 6.07) is 5.23. The maximum atomic E-state index is 15.0. The van der Waals surface area contributed by atoms with E-state index < -0.39 is 5.41 Å². The zero-order valence-corrected chi connectivity index (χ0v) is 15.6. The van der Waals surface area contributed by atoms with E-state index in [0.717, 1.165) is 6.42 Å². The molecule has 6 heteroatoms. The van der Waals surface area contributed by atoms with E-state index >= 15 is 0 Å². The van der Waals surface area contributed by atoms with Gasteiger partial charge in [-0.1, -0.05) is 32.4 Å². The highest BCUT2D eigenvalue weighted by Crippen LogP contribution is 2.30. The number of amides is 1. The van der Waals surface area contributed by atoms with Gasteiger partial charge in [0.05, 0.1) is 10.7 Å². The van der Waals surface area contributed by atoms with E-state index in [4.69, 9.17) is 11.6 Å². The number of carbonyl (C=O) groups is 1. The lowest BCUT2D eigenvalue weighted by Gasteiger charge is -2.29. The van der Waals surface area contributed by atoms with Crippen LogP contribution in [0.1, 0.15) is 27.2 Å². The number of carbonyl (C=O) groups excluding carboxylic acids is 1. The molecular formula is C19H23ClFN3O. The fraction of sp³-hybridized carbons (Fsp3) is 0.474. The minimum atomic E-state index is -0.399. The summed E-state index contributed by atoms with van der Waals surface area (Å²) in [5.41, 5.74) is 0.411. The summed E-state index contributed by atoms with van der Waals surface area (Å²) in [6.45, 7) is 8.38. The number of aromatic nitrogens is 1. The Hall–Kier alpha value is -1.88. The summed E-state index contributed by atoms with van der Waals surface area (Å²) in [5, 5.41) is 1.11. The van der Waals surface area contributed by atoms with Crippen LogP contribution in [-0.2, 0) is 4.79 Å². The molecule has 1 aliphatic rings. The van der Waals surface area contributed by atoms with Gasteiger partial charge in [-0.25, -0.2) is 4.39 Å². The zero-order chi connectivity index (χ0) is 18.2. The standard InChI is InChI=1S/C19H23ClFN3O/c1-19(2,3)18(25)24-10-4-9-23(11-12-24)15-6-5-13-14(20)7-8-22-17(13)16(15)21/h5-8H,4,9-12H2,1-3H3. The second kappa shape index (κ2) is 6.79. The Morgan fingerprint density at radius 3 is 2.64 bits per heavy atom. The Bertz CT molecular complexity index is 803. The van der Waals surface area contributed by atoms with Gasteiger partial charge in [0, 0.05) is 43.2 Å². The topological polar surface area (TPSA) is 36.4 Å². The zero-order valence-electron chi connectivity index (χ0n) is 14.9. The molecule has 0 radical (unpaired) electrons. The van der Waals surface area contributed by atoms with Gasteiger partial charge >= 0.3 is 0 Å². The van der Waals surface area contributed by atoms with Crippen molar-refractivity contribution in [2.75, 3.05) is 31.1 Å². The minimum Gasteiger partial charge on any atom is -0.367 e. The van der Waals surface area contributed by atoms with Crippen molar-refractivity contribution in [1.29, 1.82) is 0 Å². The molecule has 4 nitrogen and oxygen atoms in total. The van der Waals surface area contributed by atoms with Crippen LogP contribution >= 0.6 is 11.6 Å². The molecule has 0 aliphatic carbocycles. The van der Waals surface area contributed by atoms with Crippen LogP contribution in [0.2, 0.25) is 5.02 Å². The molecule has 1 aromatic heterocycles. The molecule has 0 unspecified atom stereocenters. The van der Waals surface area contributed by atoms with E-state index in [0.29, 0.717) is 42.3 Å². The van der Waals surface area contributed by atoms with E-state index in [1.165, 1.54) is 6.20 Å². The molecule has 0 saturated carbocycles. The van der Waals surface area contributed by atoms with Crippen molar-refractivity contribution in [3.8, 4) is 0 Å². The number of benzene rings is 1. The summed E-state index contributed by atoms with van der Waals surface area (Å²) in [7, 11) is 0. The van der Waals surface area contributed by atoms with Gasteiger partial charge in [0.2, 0.25) is 5.91 Å². The highest BCUT2D eigenvalue weighted by atomic mass is 35.5. The van der Waals surface area contributed by atoms with Gasteiger partial charge in [-0.05, 0) is 24.6 Å². The van der Waals surface area contributed by atoms with Gasteiger partial charge in [-0.15, -0.1) is 0 Å². The van der Waals surface area contributed by atoms with Crippen LogP contribution in [0.5, 0.6) is 0 Å². The molecular weight excluding hydrogens is 341 g/mol. The monoisotopic (exact) mass is 363 g/mol. The van der Waals surface area contributed by atoms with Crippen molar-refractivity contribution in [1.82, 2.24) is 9.88 Å². The molecule has 1 saturated heterocycles. The summed E-state index contributed by atoms with van der Waals surface area (Å²) in [6.07, 6.45) is 2.33. The number of nitrogens with zero attached hydrogens (tertiary/aromatic N) is 3. The molecule has 134 valence electrons. The fourth-order valence-corrected chi connectivity index (χ4v) is 3.43. The number of rotatable bonds is 1. The van der Waals surface area contributed by atoms with E-state index in [2.05, 4.69) is 4.98 Å². The molecule has 0 bridgehead atoms. The predicted molar refractivity (Wildman–Crippen MR) is 99.6 cm³/mol. The molecule has 1 aliphatic heterocycles. The highest BCUT2D eigenvalue weighted by Gasteiger charge is 2.29. The van der Waals surface area contributed by atoms with Gasteiger partial charge in [0.15, 0.2) is 5.82 Å².